The first kappa shape index (κ1) is 12.8. The minimum atomic E-state index is 0.508. The maximum Gasteiger partial charge on any atom is 0.0360 e. The maximum atomic E-state index is 3.61. The van der Waals surface area contributed by atoms with Crippen molar-refractivity contribution < 1.29 is 0 Å². The summed E-state index contributed by atoms with van der Waals surface area (Å²) in [5.41, 5.74) is 3.95. The molecule has 0 fully saturated rings. The third-order valence-electron chi connectivity index (χ3n) is 2.62. The van der Waals surface area contributed by atoms with Crippen LogP contribution in [0.4, 0.5) is 0 Å². The van der Waals surface area contributed by atoms with E-state index in [1.807, 2.05) is 0 Å². The first-order valence-electron chi connectivity index (χ1n) is 5.72. The molecule has 0 saturated carbocycles. The average Bonchev–Trinajstić information content (AvgIpc) is 2.73. The molecule has 1 aromatic heterocycles. The van der Waals surface area contributed by atoms with Gasteiger partial charge in [-0.3, -0.25) is 0 Å². The van der Waals surface area contributed by atoms with E-state index in [0.29, 0.717) is 6.04 Å². The van der Waals surface area contributed by atoms with Gasteiger partial charge in [-0.15, -0.1) is 0 Å². The molecule has 3 heteroatoms. The Morgan fingerprint density at radius 3 is 2.59 bits per heavy atom. The van der Waals surface area contributed by atoms with Gasteiger partial charge in [-0.25, -0.2) is 0 Å². The lowest BCUT2D eigenvalue weighted by Gasteiger charge is -2.12. The predicted octanol–water partition coefficient (Wildman–Crippen LogP) is 4.68. The Hall–Kier alpha value is -0.640. The highest BCUT2D eigenvalue weighted by Gasteiger charge is 2.08. The fourth-order valence-corrected chi connectivity index (χ4v) is 3.23. The monoisotopic (exact) mass is 309 g/mol. The van der Waals surface area contributed by atoms with Crippen LogP contribution in [0.1, 0.15) is 19.4 Å². The van der Waals surface area contributed by atoms with E-state index in [1.54, 1.807) is 11.3 Å². The zero-order chi connectivity index (χ0) is 12.3. The Morgan fingerprint density at radius 1 is 1.18 bits per heavy atom. The van der Waals surface area contributed by atoms with Crippen LogP contribution in [0, 0.1) is 0 Å². The standard InChI is InChI=1S/C14H16BrNS/c1-10(2)16-7-11-5-3-4-6-12(11)13-8-17-9-14(13)15/h3-6,8-10,16H,7H2,1-2H3. The van der Waals surface area contributed by atoms with Crippen molar-refractivity contribution in [2.45, 2.75) is 26.4 Å². The number of hydrogen-bond acceptors (Lipinski definition) is 2. The van der Waals surface area contributed by atoms with Crippen LogP contribution >= 0.6 is 27.3 Å². The van der Waals surface area contributed by atoms with E-state index in [0.717, 1.165) is 6.54 Å². The van der Waals surface area contributed by atoms with E-state index in [9.17, 15) is 0 Å². The number of nitrogens with one attached hydrogen (secondary N) is 1. The van der Waals surface area contributed by atoms with Crippen LogP contribution in [0.2, 0.25) is 0 Å². The van der Waals surface area contributed by atoms with E-state index >= 15 is 0 Å². The van der Waals surface area contributed by atoms with Gasteiger partial charge in [-0.2, -0.15) is 11.3 Å². The van der Waals surface area contributed by atoms with E-state index < -0.39 is 0 Å². The molecular weight excluding hydrogens is 294 g/mol. The van der Waals surface area contributed by atoms with E-state index in [2.05, 4.69) is 70.1 Å². The molecule has 1 aromatic carbocycles. The zero-order valence-electron chi connectivity index (χ0n) is 10.0. The fraction of sp³-hybridized carbons (Fsp3) is 0.286. The summed E-state index contributed by atoms with van der Waals surface area (Å²) in [5, 5.41) is 7.79. The van der Waals surface area contributed by atoms with Crippen LogP contribution in [0.3, 0.4) is 0 Å². The molecule has 0 unspecified atom stereocenters. The number of rotatable bonds is 4. The first-order chi connectivity index (χ1) is 8.18. The molecule has 0 amide bonds. The molecule has 17 heavy (non-hydrogen) atoms. The summed E-state index contributed by atoms with van der Waals surface area (Å²) in [5.74, 6) is 0. The summed E-state index contributed by atoms with van der Waals surface area (Å²) in [6.45, 7) is 5.25. The number of thiophene rings is 1. The van der Waals surface area contributed by atoms with E-state index in [-0.39, 0.29) is 0 Å². The topological polar surface area (TPSA) is 12.0 Å². The maximum absolute atomic E-state index is 3.61. The Balaban J connectivity index is 2.31. The van der Waals surface area contributed by atoms with Crippen LogP contribution in [0.5, 0.6) is 0 Å². The quantitative estimate of drug-likeness (QED) is 0.865. The molecule has 0 saturated heterocycles. The van der Waals surface area contributed by atoms with Crippen molar-refractivity contribution in [2.75, 3.05) is 0 Å². The third-order valence-corrected chi connectivity index (χ3v) is 4.33. The minimum Gasteiger partial charge on any atom is -0.310 e. The number of benzene rings is 1. The van der Waals surface area contributed by atoms with Gasteiger partial charge >= 0.3 is 0 Å². The lowest BCUT2D eigenvalue weighted by molar-refractivity contribution is 0.589. The van der Waals surface area contributed by atoms with Crippen LogP contribution in [-0.2, 0) is 6.54 Å². The van der Waals surface area contributed by atoms with Crippen molar-refractivity contribution in [3.8, 4) is 11.1 Å². The van der Waals surface area contributed by atoms with Crippen molar-refractivity contribution in [1.29, 1.82) is 0 Å². The molecule has 1 N–H and O–H groups in total. The molecule has 2 rings (SSSR count). The summed E-state index contributed by atoms with van der Waals surface area (Å²) in [7, 11) is 0. The van der Waals surface area contributed by atoms with Gasteiger partial charge in [0.25, 0.3) is 0 Å². The molecule has 0 aliphatic carbocycles. The third kappa shape index (κ3) is 3.18. The minimum absolute atomic E-state index is 0.508. The number of halogens is 1. The summed E-state index contributed by atoms with van der Waals surface area (Å²) in [6, 6.07) is 9.08. The predicted molar refractivity (Wildman–Crippen MR) is 79.4 cm³/mol. The normalized spacial score (nSPS) is 11.1. The summed E-state index contributed by atoms with van der Waals surface area (Å²) in [6.07, 6.45) is 0. The van der Waals surface area contributed by atoms with Crippen molar-refractivity contribution in [3.63, 3.8) is 0 Å². The van der Waals surface area contributed by atoms with Gasteiger partial charge in [0.1, 0.15) is 0 Å². The molecule has 0 atom stereocenters. The molecule has 2 aromatic rings. The smallest absolute Gasteiger partial charge is 0.0360 e. The molecule has 0 aliphatic rings. The molecular formula is C14H16BrNS. The zero-order valence-corrected chi connectivity index (χ0v) is 12.4. The van der Waals surface area contributed by atoms with Crippen LogP contribution in [0.15, 0.2) is 39.5 Å². The highest BCUT2D eigenvalue weighted by Crippen LogP contribution is 2.33. The van der Waals surface area contributed by atoms with Crippen LogP contribution in [-0.4, -0.2) is 6.04 Å². The van der Waals surface area contributed by atoms with Crippen LogP contribution < -0.4 is 5.32 Å². The van der Waals surface area contributed by atoms with Gasteiger partial charge in [-0.1, -0.05) is 38.1 Å². The van der Waals surface area contributed by atoms with E-state index in [4.69, 9.17) is 0 Å². The Bertz CT molecular complexity index is 490. The Morgan fingerprint density at radius 2 is 1.94 bits per heavy atom. The second kappa shape index (κ2) is 5.80. The lowest BCUT2D eigenvalue weighted by atomic mass is 10.0. The molecule has 0 aliphatic heterocycles. The van der Waals surface area contributed by atoms with Crippen molar-refractivity contribution in [1.82, 2.24) is 5.32 Å². The summed E-state index contributed by atoms with van der Waals surface area (Å²) >= 11 is 5.33. The van der Waals surface area contributed by atoms with Gasteiger partial charge in [0.15, 0.2) is 0 Å². The highest BCUT2D eigenvalue weighted by molar-refractivity contribution is 9.10. The molecule has 0 spiro atoms. The summed E-state index contributed by atoms with van der Waals surface area (Å²) < 4.78 is 1.18. The average molecular weight is 310 g/mol. The van der Waals surface area contributed by atoms with Crippen molar-refractivity contribution >= 4 is 27.3 Å². The SMILES string of the molecule is CC(C)NCc1ccccc1-c1cscc1Br. The fourth-order valence-electron chi connectivity index (χ4n) is 1.73. The van der Waals surface area contributed by atoms with Crippen molar-refractivity contribution in [3.05, 3.63) is 45.1 Å². The largest absolute Gasteiger partial charge is 0.310 e. The second-order valence-electron chi connectivity index (χ2n) is 4.33. The Kier molecular flexibility index (Phi) is 4.37. The lowest BCUT2D eigenvalue weighted by Crippen LogP contribution is -2.22. The van der Waals surface area contributed by atoms with Gasteiger partial charge in [0.2, 0.25) is 0 Å². The molecule has 0 radical (unpaired) electrons. The van der Waals surface area contributed by atoms with Gasteiger partial charge < -0.3 is 5.32 Å². The van der Waals surface area contributed by atoms with E-state index in [1.165, 1.54) is 21.2 Å². The summed E-state index contributed by atoms with van der Waals surface area (Å²) in [4.78, 5) is 0. The number of hydrogen-bond donors (Lipinski definition) is 1. The molecule has 0 bridgehead atoms. The van der Waals surface area contributed by atoms with Crippen LogP contribution in [0.25, 0.3) is 11.1 Å². The van der Waals surface area contributed by atoms with Crippen molar-refractivity contribution in [2.24, 2.45) is 0 Å². The van der Waals surface area contributed by atoms with Gasteiger partial charge in [0.05, 0.1) is 0 Å². The first-order valence-corrected chi connectivity index (χ1v) is 7.45. The second-order valence-corrected chi connectivity index (χ2v) is 5.92. The highest BCUT2D eigenvalue weighted by atomic mass is 79.9. The molecule has 90 valence electrons. The van der Waals surface area contributed by atoms with Gasteiger partial charge in [-0.05, 0) is 32.4 Å². The molecule has 1 heterocycles. The van der Waals surface area contributed by atoms with Gasteiger partial charge in [0, 0.05) is 28.0 Å². The Labute approximate surface area is 115 Å². The molecule has 1 nitrogen and oxygen atoms in total.